The van der Waals surface area contributed by atoms with Gasteiger partial charge in [0.25, 0.3) is 22.9 Å². The molecule has 18 heteroatoms. The smallest absolute Gasteiger partial charge is 0.289 e. The Kier molecular flexibility index (Phi) is 9.77. The highest BCUT2D eigenvalue weighted by Crippen LogP contribution is 2.24. The van der Waals surface area contributed by atoms with Gasteiger partial charge < -0.3 is 44.2 Å². The van der Waals surface area contributed by atoms with Gasteiger partial charge in [0.15, 0.2) is 11.6 Å². The van der Waals surface area contributed by atoms with Gasteiger partial charge in [-0.25, -0.2) is 0 Å². The summed E-state index contributed by atoms with van der Waals surface area (Å²) in [5.41, 5.74) is 22.3. The Morgan fingerprint density at radius 1 is 0.583 bits per heavy atom. The van der Waals surface area contributed by atoms with E-state index in [9.17, 15) is 28.8 Å². The maximum absolute atomic E-state index is 14.2. The molecule has 12 N–H and O–H groups in total. The van der Waals surface area contributed by atoms with Crippen LogP contribution in [0.2, 0.25) is 0 Å². The van der Waals surface area contributed by atoms with Crippen LogP contribution in [0.25, 0.3) is 0 Å². The van der Waals surface area contributed by atoms with E-state index >= 15 is 0 Å². The summed E-state index contributed by atoms with van der Waals surface area (Å²) < 4.78 is 1.00. The number of rotatable bonds is 13. The number of carbonyl (C=O) groups excluding carboxylic acids is 4. The van der Waals surface area contributed by atoms with Gasteiger partial charge in [-0.15, -0.1) is 0 Å². The summed E-state index contributed by atoms with van der Waals surface area (Å²) in [6.45, 7) is 6.10. The summed E-state index contributed by atoms with van der Waals surface area (Å²) in [6.07, 6.45) is 0. The molecule has 0 aliphatic carbocycles. The number of aromatic nitrogens is 4. The summed E-state index contributed by atoms with van der Waals surface area (Å²) in [5.74, 6) is -5.98. The highest BCUT2D eigenvalue weighted by Gasteiger charge is 2.28. The van der Waals surface area contributed by atoms with Crippen molar-refractivity contribution in [3.8, 4) is 0 Å². The topological polar surface area (TPSA) is 290 Å². The lowest BCUT2D eigenvalue weighted by atomic mass is 10.1. The van der Waals surface area contributed by atoms with Gasteiger partial charge in [-0.2, -0.15) is 19.3 Å². The van der Waals surface area contributed by atoms with Crippen molar-refractivity contribution in [1.29, 1.82) is 0 Å². The van der Waals surface area contributed by atoms with Crippen molar-refractivity contribution in [3.63, 3.8) is 0 Å². The fourth-order valence-corrected chi connectivity index (χ4v) is 4.95. The summed E-state index contributed by atoms with van der Waals surface area (Å²) in [4.78, 5) is 86.1. The Bertz CT molecular complexity index is 1910. The molecule has 2 heterocycles. The molecule has 0 radical (unpaired) electrons. The van der Waals surface area contributed by atoms with Crippen molar-refractivity contribution in [2.75, 3.05) is 34.4 Å². The highest BCUT2D eigenvalue weighted by atomic mass is 16.2. The molecule has 4 rings (SSSR count). The SMILES string of the molecule is Cc1cc(C)cc(Nc2nc(NCC(N)=O)n(-n3c(NCC(N)=O)nc(Nc4cc(C)cc(C)c4)c(C(N)=O)c3=O)c(=O)c2C(N)=O)c1. The lowest BCUT2D eigenvalue weighted by Gasteiger charge is -2.22. The van der Waals surface area contributed by atoms with Gasteiger partial charge in [0.1, 0.15) is 11.1 Å². The average Bonchev–Trinajstić information content (AvgIpc) is 2.94. The van der Waals surface area contributed by atoms with Crippen molar-refractivity contribution in [1.82, 2.24) is 19.3 Å². The van der Waals surface area contributed by atoms with E-state index < -0.39 is 70.9 Å². The zero-order chi connectivity index (χ0) is 35.4. The predicted octanol–water partition coefficient (Wildman–Crippen LogP) is -0.176. The van der Waals surface area contributed by atoms with Crippen LogP contribution in [0.3, 0.4) is 0 Å². The quantitative estimate of drug-likeness (QED) is 0.0928. The van der Waals surface area contributed by atoms with Crippen LogP contribution in [0.4, 0.5) is 34.9 Å². The Morgan fingerprint density at radius 3 is 1.17 bits per heavy atom. The van der Waals surface area contributed by atoms with Gasteiger partial charge in [-0.1, -0.05) is 12.1 Å². The molecule has 0 aliphatic heterocycles. The molecule has 0 bridgehead atoms. The molecular formula is C30H34N12O6. The van der Waals surface area contributed by atoms with E-state index in [1.807, 2.05) is 39.8 Å². The first kappa shape index (κ1) is 34.2. The minimum Gasteiger partial charge on any atom is -0.368 e. The summed E-state index contributed by atoms with van der Waals surface area (Å²) in [5, 5.41) is 10.9. The Balaban J connectivity index is 2.09. The van der Waals surface area contributed by atoms with Crippen LogP contribution in [0.1, 0.15) is 43.0 Å². The second kappa shape index (κ2) is 13.7. The maximum atomic E-state index is 14.2. The molecule has 0 atom stereocenters. The molecule has 0 aliphatic rings. The van der Waals surface area contributed by atoms with Crippen molar-refractivity contribution < 1.29 is 19.2 Å². The van der Waals surface area contributed by atoms with Crippen LogP contribution in [0.5, 0.6) is 0 Å². The molecule has 0 saturated heterocycles. The van der Waals surface area contributed by atoms with E-state index in [0.29, 0.717) is 20.7 Å². The summed E-state index contributed by atoms with van der Waals surface area (Å²) in [7, 11) is 0. The van der Waals surface area contributed by atoms with Crippen LogP contribution >= 0.6 is 0 Å². The van der Waals surface area contributed by atoms with Gasteiger partial charge >= 0.3 is 0 Å². The van der Waals surface area contributed by atoms with E-state index in [4.69, 9.17) is 22.9 Å². The first-order valence-corrected chi connectivity index (χ1v) is 14.2. The summed E-state index contributed by atoms with van der Waals surface area (Å²) in [6, 6.07) is 10.6. The van der Waals surface area contributed by atoms with E-state index in [1.165, 1.54) is 0 Å². The number of carbonyl (C=O) groups is 4. The molecule has 2 aromatic carbocycles. The molecule has 4 aromatic rings. The Morgan fingerprint density at radius 2 is 0.896 bits per heavy atom. The third-order valence-electron chi connectivity index (χ3n) is 6.63. The normalized spacial score (nSPS) is 10.7. The minimum absolute atomic E-state index is 0.336. The zero-order valence-corrected chi connectivity index (χ0v) is 26.4. The van der Waals surface area contributed by atoms with Gasteiger partial charge in [0.2, 0.25) is 23.7 Å². The van der Waals surface area contributed by atoms with Crippen LogP contribution < -0.4 is 55.3 Å². The summed E-state index contributed by atoms with van der Waals surface area (Å²) >= 11 is 0. The highest BCUT2D eigenvalue weighted by molar-refractivity contribution is 5.99. The van der Waals surface area contributed by atoms with E-state index in [1.54, 1.807) is 24.3 Å². The van der Waals surface area contributed by atoms with Crippen LogP contribution in [-0.4, -0.2) is 56.0 Å². The molecule has 4 amide bonds. The molecule has 2 aromatic heterocycles. The minimum atomic E-state index is -1.24. The van der Waals surface area contributed by atoms with Crippen LogP contribution in [0.15, 0.2) is 46.0 Å². The van der Waals surface area contributed by atoms with Gasteiger partial charge in [0, 0.05) is 11.4 Å². The number of nitrogens with one attached hydrogen (secondary N) is 4. The van der Waals surface area contributed by atoms with E-state index in [0.717, 1.165) is 22.3 Å². The number of nitrogens with two attached hydrogens (primary N) is 4. The first-order valence-electron chi connectivity index (χ1n) is 14.2. The average molecular weight is 659 g/mol. The van der Waals surface area contributed by atoms with Gasteiger partial charge in [0.05, 0.1) is 13.1 Å². The van der Waals surface area contributed by atoms with E-state index in [2.05, 4.69) is 31.2 Å². The third kappa shape index (κ3) is 7.56. The van der Waals surface area contributed by atoms with Crippen molar-refractivity contribution in [2.45, 2.75) is 27.7 Å². The van der Waals surface area contributed by atoms with Crippen molar-refractivity contribution >= 4 is 58.5 Å². The van der Waals surface area contributed by atoms with Crippen molar-refractivity contribution in [3.05, 3.63) is 90.5 Å². The molecule has 48 heavy (non-hydrogen) atoms. The molecule has 0 unspecified atom stereocenters. The number of hydrogen-bond acceptors (Lipinski definition) is 12. The number of benzene rings is 2. The van der Waals surface area contributed by atoms with Gasteiger partial charge in [-0.05, 0) is 74.2 Å². The Labute approximate surface area is 272 Å². The lowest BCUT2D eigenvalue weighted by molar-refractivity contribution is -0.117. The maximum Gasteiger partial charge on any atom is 0.289 e. The number of hydrogen-bond donors (Lipinski definition) is 8. The molecule has 0 spiro atoms. The van der Waals surface area contributed by atoms with Gasteiger partial charge in [-0.3, -0.25) is 28.8 Å². The number of amides is 4. The zero-order valence-electron chi connectivity index (χ0n) is 26.4. The first-order chi connectivity index (χ1) is 22.5. The van der Waals surface area contributed by atoms with E-state index in [-0.39, 0.29) is 11.6 Å². The fourth-order valence-electron chi connectivity index (χ4n) is 4.95. The lowest BCUT2D eigenvalue weighted by Crippen LogP contribution is -2.45. The number of primary amides is 4. The van der Waals surface area contributed by atoms with Crippen molar-refractivity contribution in [2.24, 2.45) is 22.9 Å². The van der Waals surface area contributed by atoms with Crippen LogP contribution in [0, 0.1) is 27.7 Å². The second-order valence-corrected chi connectivity index (χ2v) is 10.9. The fraction of sp³-hybridized carbons (Fsp3) is 0.200. The number of nitrogens with zero attached hydrogens (tertiary/aromatic N) is 4. The molecule has 0 fully saturated rings. The monoisotopic (exact) mass is 658 g/mol. The second-order valence-electron chi connectivity index (χ2n) is 10.9. The Hall–Kier alpha value is -6.72. The third-order valence-corrected chi connectivity index (χ3v) is 6.63. The molecular weight excluding hydrogens is 624 g/mol. The van der Waals surface area contributed by atoms with Crippen LogP contribution in [-0.2, 0) is 9.59 Å². The number of aryl methyl sites for hydroxylation is 4. The molecule has 18 nitrogen and oxygen atoms in total. The number of anilines is 6. The predicted molar refractivity (Wildman–Crippen MR) is 179 cm³/mol. The molecule has 250 valence electrons. The molecule has 0 saturated carbocycles. The largest absolute Gasteiger partial charge is 0.368 e. The standard InChI is InChI=1S/C30H34N12O6/c1-13-5-14(2)8-17(7-13)37-25-21(23(33)45)27(47)41(29(39-25)35-11-19(31)43)42-28(48)22(24(34)46)26(40-30(42)36-12-20(32)44)38-18-9-15(3)6-16(4)10-18/h5-10,37-38H,11-12H2,1-4H3,(H2,31,43)(H2,32,44)(H2,33,45)(H2,34,46)(H,35,39)(H,36,40).